The normalized spacial score (nSPS) is 24.9. The molecule has 2 aromatic carbocycles. The molecule has 0 aromatic heterocycles. The van der Waals surface area contributed by atoms with Crippen LogP contribution in [0.2, 0.25) is 0 Å². The zero-order chi connectivity index (χ0) is 24.5. The molecule has 7 nitrogen and oxygen atoms in total. The Morgan fingerprint density at radius 3 is 2.29 bits per heavy atom. The molecule has 3 aliphatic rings. The minimum absolute atomic E-state index is 0.0226. The quantitative estimate of drug-likeness (QED) is 0.527. The predicted octanol–water partition coefficient (Wildman–Crippen LogP) is 4.31. The fourth-order valence-electron chi connectivity index (χ4n) is 6.23. The molecule has 3 aliphatic carbocycles. The Kier molecular flexibility index (Phi) is 6.50. The van der Waals surface area contributed by atoms with Crippen LogP contribution in [0, 0.1) is 17.8 Å². The summed E-state index contributed by atoms with van der Waals surface area (Å²) in [6.07, 6.45) is 2.48. The third-order valence-electron chi connectivity index (χ3n) is 8.10. The first kappa shape index (κ1) is 23.4. The van der Waals surface area contributed by atoms with Gasteiger partial charge in [-0.3, -0.25) is 9.59 Å². The van der Waals surface area contributed by atoms with Gasteiger partial charge in [-0.05, 0) is 59.8 Å². The van der Waals surface area contributed by atoms with Crippen molar-refractivity contribution in [3.63, 3.8) is 0 Å². The minimum Gasteiger partial charge on any atom is -0.481 e. The highest BCUT2D eigenvalue weighted by Gasteiger charge is 2.50. The predicted molar refractivity (Wildman–Crippen MR) is 131 cm³/mol. The number of carbonyl (C=O) groups is 3. The molecule has 2 fully saturated rings. The third kappa shape index (κ3) is 4.64. The number of rotatable bonds is 8. The number of amides is 2. The summed E-state index contributed by atoms with van der Waals surface area (Å²) in [4.78, 5) is 36.3. The smallest absolute Gasteiger partial charge is 0.407 e. The van der Waals surface area contributed by atoms with Crippen LogP contribution in [0.5, 0.6) is 0 Å². The molecule has 184 valence electrons. The number of alkyl carbamates (subject to hydrolysis) is 1. The average Bonchev–Trinajstić information content (AvgIpc) is 3.35. The van der Waals surface area contributed by atoms with E-state index in [-0.39, 0.29) is 48.8 Å². The van der Waals surface area contributed by atoms with Crippen LogP contribution in [-0.2, 0) is 14.3 Å². The van der Waals surface area contributed by atoms with Crippen LogP contribution in [0.25, 0.3) is 11.1 Å². The maximum Gasteiger partial charge on any atom is 0.407 e. The van der Waals surface area contributed by atoms with E-state index in [0.717, 1.165) is 12.8 Å². The summed E-state index contributed by atoms with van der Waals surface area (Å²) in [7, 11) is 0. The van der Waals surface area contributed by atoms with E-state index in [0.29, 0.717) is 18.8 Å². The van der Waals surface area contributed by atoms with Crippen molar-refractivity contribution in [1.29, 1.82) is 0 Å². The minimum atomic E-state index is -0.906. The monoisotopic (exact) mass is 476 g/mol. The fraction of sp³-hybridized carbons (Fsp3) is 0.464. The Hall–Kier alpha value is -3.35. The molecular formula is C28H32N2O5. The van der Waals surface area contributed by atoms with Gasteiger partial charge < -0.3 is 20.5 Å². The van der Waals surface area contributed by atoms with Gasteiger partial charge in [-0.25, -0.2) is 4.79 Å². The summed E-state index contributed by atoms with van der Waals surface area (Å²) >= 11 is 0. The van der Waals surface area contributed by atoms with Crippen molar-refractivity contribution < 1.29 is 24.2 Å². The lowest BCUT2D eigenvalue weighted by Gasteiger charge is -2.40. The first-order valence-corrected chi connectivity index (χ1v) is 12.6. The molecule has 0 bridgehead atoms. The molecule has 0 spiro atoms. The SMILES string of the molecule is CC[C@H](CC(=O)O)NC(=O)C1C[C@H]2C[C@@H](NC(=O)OCC3c4ccccc4-c4ccccc43)[C@H]2C1. The molecule has 5 rings (SSSR count). The van der Waals surface area contributed by atoms with Crippen LogP contribution < -0.4 is 10.6 Å². The highest BCUT2D eigenvalue weighted by Crippen LogP contribution is 2.50. The van der Waals surface area contributed by atoms with E-state index in [4.69, 9.17) is 9.84 Å². The van der Waals surface area contributed by atoms with Gasteiger partial charge in [0.1, 0.15) is 6.61 Å². The van der Waals surface area contributed by atoms with Gasteiger partial charge in [0, 0.05) is 23.9 Å². The van der Waals surface area contributed by atoms with E-state index in [1.165, 1.54) is 22.3 Å². The number of ether oxygens (including phenoxy) is 1. The van der Waals surface area contributed by atoms with Crippen molar-refractivity contribution in [3.8, 4) is 11.1 Å². The topological polar surface area (TPSA) is 105 Å². The Morgan fingerprint density at radius 1 is 1.00 bits per heavy atom. The molecule has 5 atom stereocenters. The zero-order valence-corrected chi connectivity index (χ0v) is 19.9. The Balaban J connectivity index is 1.12. The van der Waals surface area contributed by atoms with Crippen molar-refractivity contribution in [2.45, 2.75) is 57.0 Å². The maximum atomic E-state index is 12.7. The van der Waals surface area contributed by atoms with Crippen LogP contribution in [0.4, 0.5) is 4.79 Å². The molecule has 0 heterocycles. The number of hydrogen-bond donors (Lipinski definition) is 3. The van der Waals surface area contributed by atoms with Gasteiger partial charge in [0.05, 0.1) is 6.42 Å². The van der Waals surface area contributed by atoms with Crippen molar-refractivity contribution in [3.05, 3.63) is 59.7 Å². The highest BCUT2D eigenvalue weighted by atomic mass is 16.5. The molecule has 2 aromatic rings. The lowest BCUT2D eigenvalue weighted by atomic mass is 9.71. The first-order valence-electron chi connectivity index (χ1n) is 12.6. The van der Waals surface area contributed by atoms with E-state index >= 15 is 0 Å². The number of carboxylic acids is 1. The molecule has 7 heteroatoms. The highest BCUT2D eigenvalue weighted by molar-refractivity contribution is 5.81. The Bertz CT molecular complexity index is 1090. The molecule has 0 saturated heterocycles. The average molecular weight is 477 g/mol. The van der Waals surface area contributed by atoms with Crippen LogP contribution in [0.1, 0.15) is 56.1 Å². The van der Waals surface area contributed by atoms with Crippen molar-refractivity contribution in [2.24, 2.45) is 17.8 Å². The van der Waals surface area contributed by atoms with Crippen LogP contribution in [0.15, 0.2) is 48.5 Å². The van der Waals surface area contributed by atoms with E-state index in [2.05, 4.69) is 34.9 Å². The molecule has 35 heavy (non-hydrogen) atoms. The van der Waals surface area contributed by atoms with E-state index in [1.807, 2.05) is 31.2 Å². The summed E-state index contributed by atoms with van der Waals surface area (Å²) in [6.45, 7) is 2.16. The first-order chi connectivity index (χ1) is 16.9. The van der Waals surface area contributed by atoms with Gasteiger partial charge in [-0.2, -0.15) is 0 Å². The Labute approximate surface area is 205 Å². The summed E-state index contributed by atoms with van der Waals surface area (Å²) < 4.78 is 5.69. The number of carboxylic acid groups (broad SMARTS) is 1. The van der Waals surface area contributed by atoms with Gasteiger partial charge in [-0.1, -0.05) is 55.5 Å². The van der Waals surface area contributed by atoms with Crippen LogP contribution >= 0.6 is 0 Å². The van der Waals surface area contributed by atoms with Crippen LogP contribution in [-0.4, -0.2) is 41.8 Å². The van der Waals surface area contributed by atoms with Gasteiger partial charge in [0.25, 0.3) is 0 Å². The van der Waals surface area contributed by atoms with E-state index < -0.39 is 12.1 Å². The molecule has 3 N–H and O–H groups in total. The lowest BCUT2D eigenvalue weighted by molar-refractivity contribution is -0.137. The molecular weight excluding hydrogens is 444 g/mol. The largest absolute Gasteiger partial charge is 0.481 e. The number of fused-ring (bicyclic) bond motifs is 4. The second kappa shape index (κ2) is 9.72. The van der Waals surface area contributed by atoms with Gasteiger partial charge in [-0.15, -0.1) is 0 Å². The Morgan fingerprint density at radius 2 is 1.66 bits per heavy atom. The number of hydrogen-bond acceptors (Lipinski definition) is 4. The zero-order valence-electron chi connectivity index (χ0n) is 19.9. The van der Waals surface area contributed by atoms with E-state index in [1.54, 1.807) is 0 Å². The van der Waals surface area contributed by atoms with Gasteiger partial charge >= 0.3 is 12.1 Å². The number of benzene rings is 2. The lowest BCUT2D eigenvalue weighted by Crippen LogP contribution is -2.50. The van der Waals surface area contributed by atoms with Crippen molar-refractivity contribution in [1.82, 2.24) is 10.6 Å². The van der Waals surface area contributed by atoms with Gasteiger partial charge in [0.2, 0.25) is 5.91 Å². The summed E-state index contributed by atoms with van der Waals surface area (Å²) in [6, 6.07) is 16.2. The molecule has 0 aliphatic heterocycles. The molecule has 0 radical (unpaired) electrons. The van der Waals surface area contributed by atoms with Crippen LogP contribution in [0.3, 0.4) is 0 Å². The standard InChI is InChI=1S/C28H32N2O5/c1-2-18(14-26(31)32)29-27(33)17-11-16-13-25(23(16)12-17)30-28(34)35-15-24-21-9-5-3-7-19(21)20-8-4-6-10-22(20)24/h3-10,16-18,23-25H,2,11-15H2,1H3,(H,29,33)(H,30,34)(H,31,32)/t16-,17?,18+,23-,25+/m0/s1. The second-order valence-electron chi connectivity index (χ2n) is 10.1. The second-order valence-corrected chi connectivity index (χ2v) is 10.1. The van der Waals surface area contributed by atoms with Crippen molar-refractivity contribution in [2.75, 3.05) is 6.61 Å². The van der Waals surface area contributed by atoms with Crippen molar-refractivity contribution >= 4 is 18.0 Å². The van der Waals surface area contributed by atoms with Gasteiger partial charge in [0.15, 0.2) is 0 Å². The maximum absolute atomic E-state index is 12.7. The summed E-state index contributed by atoms with van der Waals surface area (Å²) in [5, 5.41) is 14.9. The number of nitrogens with one attached hydrogen (secondary N) is 2. The number of aliphatic carboxylic acids is 1. The molecule has 2 amide bonds. The fourth-order valence-corrected chi connectivity index (χ4v) is 6.23. The summed E-state index contributed by atoms with van der Waals surface area (Å²) in [5.74, 6) is -0.375. The number of carbonyl (C=O) groups excluding carboxylic acids is 2. The third-order valence-corrected chi connectivity index (χ3v) is 8.10. The summed E-state index contributed by atoms with van der Waals surface area (Å²) in [5.41, 5.74) is 4.76. The molecule has 2 saturated carbocycles. The molecule has 1 unspecified atom stereocenters. The van der Waals surface area contributed by atoms with E-state index in [9.17, 15) is 14.4 Å².